The maximum Gasteiger partial charge on any atom is 0.0130 e. The average molecular weight is 201 g/mol. The minimum atomic E-state index is 1.18. The molecule has 0 amide bonds. The normalized spacial score (nSPS) is 12.0. The first-order valence-corrected chi connectivity index (χ1v) is 5.57. The maximum atomic E-state index is 2.26. The Hall–Kier alpha value is -0.120. The highest BCUT2D eigenvalue weighted by molar-refractivity contribution is 4.49. The lowest BCUT2D eigenvalue weighted by Gasteiger charge is -2.23. The fourth-order valence-corrected chi connectivity index (χ4v) is 1.32. The van der Waals surface area contributed by atoms with Gasteiger partial charge in [0.25, 0.3) is 0 Å². The van der Waals surface area contributed by atoms with Crippen molar-refractivity contribution in [1.29, 1.82) is 0 Å². The Bertz CT molecular complexity index is 124. The van der Waals surface area contributed by atoms with E-state index in [0.717, 1.165) is 0 Å². The van der Waals surface area contributed by atoms with Crippen LogP contribution in [0.3, 0.4) is 0 Å². The summed E-state index contributed by atoms with van der Waals surface area (Å²) in [5, 5.41) is 4.39. The molecule has 0 aromatic heterocycles. The van der Waals surface area contributed by atoms with Gasteiger partial charge in [0.1, 0.15) is 0 Å². The summed E-state index contributed by atoms with van der Waals surface area (Å²) in [7, 11) is 10.6. The quantitative estimate of drug-likeness (QED) is 0.435. The molecule has 0 aromatic carbocycles. The van der Waals surface area contributed by atoms with Crippen molar-refractivity contribution in [2.75, 3.05) is 48.3 Å². The van der Waals surface area contributed by atoms with Crippen molar-refractivity contribution in [3.63, 3.8) is 0 Å². The Kier molecular flexibility index (Phi) is 8.14. The second kappa shape index (κ2) is 8.21. The lowest BCUT2D eigenvalue weighted by Crippen LogP contribution is -2.33. The summed E-state index contributed by atoms with van der Waals surface area (Å²) in [6, 6.07) is 0. The Morgan fingerprint density at radius 2 is 1.14 bits per heavy atom. The van der Waals surface area contributed by atoms with Crippen LogP contribution in [0.1, 0.15) is 25.7 Å². The lowest BCUT2D eigenvalue weighted by atomic mass is 10.2. The van der Waals surface area contributed by atoms with Crippen LogP contribution in [0.2, 0.25) is 0 Å². The van der Waals surface area contributed by atoms with Gasteiger partial charge >= 0.3 is 0 Å². The molecule has 0 aliphatic rings. The van der Waals surface area contributed by atoms with Crippen LogP contribution in [-0.2, 0) is 0 Å². The van der Waals surface area contributed by atoms with Crippen LogP contribution < -0.4 is 0 Å². The molecule has 14 heavy (non-hydrogen) atoms. The summed E-state index contributed by atoms with van der Waals surface area (Å²) in [4.78, 5) is 2.26. The van der Waals surface area contributed by atoms with Crippen molar-refractivity contribution >= 4 is 0 Å². The molecule has 3 nitrogen and oxygen atoms in total. The zero-order chi connectivity index (χ0) is 11.0. The molecule has 0 saturated carbocycles. The van der Waals surface area contributed by atoms with Gasteiger partial charge in [-0.15, -0.1) is 0 Å². The summed E-state index contributed by atoms with van der Waals surface area (Å²) in [5.41, 5.74) is 0. The Balaban J connectivity index is 3.13. The van der Waals surface area contributed by atoms with Crippen LogP contribution in [0.5, 0.6) is 0 Å². The largest absolute Gasteiger partial charge is 0.309 e. The minimum absolute atomic E-state index is 1.18. The third-order valence-electron chi connectivity index (χ3n) is 2.52. The monoisotopic (exact) mass is 201 g/mol. The van der Waals surface area contributed by atoms with Gasteiger partial charge in [-0.2, -0.15) is 0 Å². The SMILES string of the molecule is CN(C)CCCCCCN(C)N(C)C. The van der Waals surface area contributed by atoms with E-state index in [1.54, 1.807) is 0 Å². The molecule has 86 valence electrons. The molecule has 0 spiro atoms. The zero-order valence-corrected chi connectivity index (χ0v) is 10.6. The smallest absolute Gasteiger partial charge is 0.0130 e. The van der Waals surface area contributed by atoms with E-state index in [0.29, 0.717) is 0 Å². The second-order valence-electron chi connectivity index (χ2n) is 4.45. The highest BCUT2D eigenvalue weighted by atomic mass is 15.6. The third kappa shape index (κ3) is 8.48. The molecule has 3 heteroatoms. The number of nitrogens with zero attached hydrogens (tertiary/aromatic N) is 3. The van der Waals surface area contributed by atoms with Crippen LogP contribution in [0, 0.1) is 0 Å². The molecule has 0 saturated heterocycles. The van der Waals surface area contributed by atoms with Gasteiger partial charge < -0.3 is 4.90 Å². The molecule has 0 aliphatic heterocycles. The van der Waals surface area contributed by atoms with Crippen molar-refractivity contribution < 1.29 is 0 Å². The predicted molar refractivity (Wildman–Crippen MR) is 63.3 cm³/mol. The lowest BCUT2D eigenvalue weighted by molar-refractivity contribution is 0.0543. The van der Waals surface area contributed by atoms with Gasteiger partial charge in [-0.25, -0.2) is 10.0 Å². The van der Waals surface area contributed by atoms with Crippen LogP contribution in [0.25, 0.3) is 0 Å². The topological polar surface area (TPSA) is 9.72 Å². The highest BCUT2D eigenvalue weighted by Gasteiger charge is 1.99. The summed E-state index contributed by atoms with van der Waals surface area (Å²) < 4.78 is 0. The van der Waals surface area contributed by atoms with E-state index in [9.17, 15) is 0 Å². The fourth-order valence-electron chi connectivity index (χ4n) is 1.32. The van der Waals surface area contributed by atoms with E-state index in [4.69, 9.17) is 0 Å². The van der Waals surface area contributed by atoms with Crippen molar-refractivity contribution in [1.82, 2.24) is 14.9 Å². The van der Waals surface area contributed by atoms with E-state index < -0.39 is 0 Å². The van der Waals surface area contributed by atoms with Crippen molar-refractivity contribution in [3.05, 3.63) is 0 Å². The van der Waals surface area contributed by atoms with Gasteiger partial charge in [0.2, 0.25) is 0 Å². The van der Waals surface area contributed by atoms with Crippen LogP contribution in [0.4, 0.5) is 0 Å². The molecule has 0 bridgehead atoms. The Labute approximate surface area is 89.6 Å². The van der Waals surface area contributed by atoms with Crippen molar-refractivity contribution in [3.8, 4) is 0 Å². The first kappa shape index (κ1) is 13.9. The zero-order valence-electron chi connectivity index (χ0n) is 10.6. The van der Waals surface area contributed by atoms with Crippen molar-refractivity contribution in [2.45, 2.75) is 25.7 Å². The molecule has 0 N–H and O–H groups in total. The first-order chi connectivity index (χ1) is 6.54. The molecule has 0 rings (SSSR count). The fraction of sp³-hybridized carbons (Fsp3) is 1.00. The van der Waals surface area contributed by atoms with E-state index in [1.807, 2.05) is 0 Å². The molecular weight excluding hydrogens is 174 g/mol. The highest BCUT2D eigenvalue weighted by Crippen LogP contribution is 2.01. The molecule has 0 aliphatic carbocycles. The van der Waals surface area contributed by atoms with E-state index in [-0.39, 0.29) is 0 Å². The summed E-state index contributed by atoms with van der Waals surface area (Å²) in [6.45, 7) is 2.40. The van der Waals surface area contributed by atoms with Gasteiger partial charge in [-0.1, -0.05) is 12.8 Å². The van der Waals surface area contributed by atoms with Crippen molar-refractivity contribution in [2.24, 2.45) is 0 Å². The number of unbranched alkanes of at least 4 members (excludes halogenated alkanes) is 3. The van der Waals surface area contributed by atoms with Gasteiger partial charge in [-0.05, 0) is 33.5 Å². The molecular formula is C11H27N3. The Morgan fingerprint density at radius 1 is 0.643 bits per heavy atom. The molecule has 0 fully saturated rings. The standard InChI is InChI=1S/C11H27N3/c1-12(2)10-8-6-7-9-11-14(5)13(3)4/h6-11H2,1-5H3. The Morgan fingerprint density at radius 3 is 1.57 bits per heavy atom. The number of hydrazine groups is 1. The molecule has 0 radical (unpaired) electrons. The van der Waals surface area contributed by atoms with Gasteiger partial charge in [-0.3, -0.25) is 0 Å². The number of rotatable bonds is 8. The minimum Gasteiger partial charge on any atom is -0.309 e. The van der Waals surface area contributed by atoms with E-state index in [2.05, 4.69) is 50.2 Å². The van der Waals surface area contributed by atoms with Crippen LogP contribution in [-0.4, -0.2) is 63.2 Å². The van der Waals surface area contributed by atoms with Gasteiger partial charge in [0.05, 0.1) is 0 Å². The molecule has 0 aromatic rings. The van der Waals surface area contributed by atoms with Crippen LogP contribution >= 0.6 is 0 Å². The van der Waals surface area contributed by atoms with E-state index >= 15 is 0 Å². The maximum absolute atomic E-state index is 2.26. The van der Waals surface area contributed by atoms with Gasteiger partial charge in [0.15, 0.2) is 0 Å². The number of hydrogen-bond acceptors (Lipinski definition) is 3. The third-order valence-corrected chi connectivity index (χ3v) is 2.52. The molecule has 0 atom stereocenters. The average Bonchev–Trinajstić information content (AvgIpc) is 2.09. The summed E-state index contributed by atoms with van der Waals surface area (Å²) in [5.74, 6) is 0. The van der Waals surface area contributed by atoms with Crippen LogP contribution in [0.15, 0.2) is 0 Å². The molecule has 0 unspecified atom stereocenters. The number of hydrogen-bond donors (Lipinski definition) is 0. The second-order valence-corrected chi connectivity index (χ2v) is 4.45. The van der Waals surface area contributed by atoms with Gasteiger partial charge in [0, 0.05) is 27.7 Å². The molecule has 0 heterocycles. The first-order valence-electron chi connectivity index (χ1n) is 5.57. The predicted octanol–water partition coefficient (Wildman–Crippen LogP) is 1.52. The van der Waals surface area contributed by atoms with E-state index in [1.165, 1.54) is 38.8 Å². The summed E-state index contributed by atoms with van der Waals surface area (Å²) >= 11 is 0. The summed E-state index contributed by atoms with van der Waals surface area (Å²) in [6.07, 6.45) is 5.35.